The fraction of sp³-hybridized carbons (Fsp3) is 0.700. The smallest absolute Gasteiger partial charge is 0.128 e. The van der Waals surface area contributed by atoms with Gasteiger partial charge in [-0.25, -0.2) is 0 Å². The quantitative estimate of drug-likeness (QED) is 0.839. The minimum Gasteiger partial charge on any atom is -0.320 e. The molecule has 0 unspecified atom stereocenters. The van der Waals surface area contributed by atoms with E-state index in [9.17, 15) is 0 Å². The van der Waals surface area contributed by atoms with Gasteiger partial charge in [-0.15, -0.1) is 0 Å². The molecule has 0 spiro atoms. The van der Waals surface area contributed by atoms with Crippen LogP contribution >= 0.6 is 15.9 Å². The van der Waals surface area contributed by atoms with Crippen LogP contribution in [0.3, 0.4) is 0 Å². The largest absolute Gasteiger partial charge is 0.320 e. The molecule has 1 aliphatic carbocycles. The van der Waals surface area contributed by atoms with E-state index in [2.05, 4.69) is 21.0 Å². The number of nitrogens with zero attached hydrogens (tertiary/aromatic N) is 2. The molecule has 0 atom stereocenters. The van der Waals surface area contributed by atoms with Gasteiger partial charge in [0.2, 0.25) is 0 Å². The van der Waals surface area contributed by atoms with Crippen LogP contribution in [0.5, 0.6) is 0 Å². The van der Waals surface area contributed by atoms with Gasteiger partial charge in [-0.1, -0.05) is 19.3 Å². The lowest BCUT2D eigenvalue weighted by Crippen LogP contribution is -2.40. The molecule has 14 heavy (non-hydrogen) atoms. The lowest BCUT2D eigenvalue weighted by Gasteiger charge is -2.33. The van der Waals surface area contributed by atoms with Gasteiger partial charge in [-0.2, -0.15) is 5.10 Å². The molecule has 2 rings (SSSR count). The number of aromatic nitrogens is 2. The second-order valence-corrected chi connectivity index (χ2v) is 5.01. The standard InChI is InChI=1S/C10H16BrN3/c1-14-8(7-9(11)13-14)10(12)5-3-2-4-6-10/h7H,2-6,12H2,1H3. The molecule has 2 N–H and O–H groups in total. The Morgan fingerprint density at radius 2 is 2.07 bits per heavy atom. The van der Waals surface area contributed by atoms with Crippen molar-refractivity contribution in [1.29, 1.82) is 0 Å². The van der Waals surface area contributed by atoms with E-state index in [0.29, 0.717) is 0 Å². The first kappa shape index (κ1) is 10.2. The van der Waals surface area contributed by atoms with Crippen LogP contribution in [0.1, 0.15) is 37.8 Å². The third kappa shape index (κ3) is 1.73. The molecule has 1 aromatic heterocycles. The Morgan fingerprint density at radius 1 is 1.43 bits per heavy atom. The average Bonchev–Trinajstić information content (AvgIpc) is 2.47. The highest BCUT2D eigenvalue weighted by atomic mass is 79.9. The lowest BCUT2D eigenvalue weighted by atomic mass is 9.80. The van der Waals surface area contributed by atoms with Gasteiger partial charge in [-0.05, 0) is 34.8 Å². The highest BCUT2D eigenvalue weighted by Crippen LogP contribution is 2.35. The number of aryl methyl sites for hydroxylation is 1. The Morgan fingerprint density at radius 3 is 2.57 bits per heavy atom. The number of halogens is 1. The highest BCUT2D eigenvalue weighted by Gasteiger charge is 2.32. The van der Waals surface area contributed by atoms with Crippen molar-refractivity contribution in [3.63, 3.8) is 0 Å². The zero-order chi connectivity index (χ0) is 10.2. The van der Waals surface area contributed by atoms with Crippen molar-refractivity contribution in [2.75, 3.05) is 0 Å². The van der Waals surface area contributed by atoms with Crippen molar-refractivity contribution < 1.29 is 0 Å². The summed E-state index contributed by atoms with van der Waals surface area (Å²) in [5.41, 5.74) is 7.42. The Balaban J connectivity index is 2.32. The molecular formula is C10H16BrN3. The highest BCUT2D eigenvalue weighted by molar-refractivity contribution is 9.10. The summed E-state index contributed by atoms with van der Waals surface area (Å²) >= 11 is 3.39. The molecule has 4 heteroatoms. The maximum Gasteiger partial charge on any atom is 0.128 e. The summed E-state index contributed by atoms with van der Waals surface area (Å²) in [6.45, 7) is 0. The number of hydrogen-bond donors (Lipinski definition) is 1. The minimum absolute atomic E-state index is 0.147. The molecule has 78 valence electrons. The molecular weight excluding hydrogens is 242 g/mol. The van der Waals surface area contributed by atoms with Crippen molar-refractivity contribution >= 4 is 15.9 Å². The predicted octanol–water partition coefficient (Wildman–Crippen LogP) is 2.30. The Kier molecular flexibility index (Phi) is 2.66. The van der Waals surface area contributed by atoms with Gasteiger partial charge in [0.1, 0.15) is 4.60 Å². The molecule has 1 saturated carbocycles. The minimum atomic E-state index is -0.147. The van der Waals surface area contributed by atoms with E-state index < -0.39 is 0 Å². The SMILES string of the molecule is Cn1nc(Br)cc1C1(N)CCCCC1. The third-order valence-corrected chi connectivity index (χ3v) is 3.49. The number of rotatable bonds is 1. The third-order valence-electron chi connectivity index (χ3n) is 3.11. The Hall–Kier alpha value is -0.350. The normalized spacial score (nSPS) is 21.1. The van der Waals surface area contributed by atoms with Crippen LogP contribution < -0.4 is 5.73 Å². The first-order chi connectivity index (χ1) is 6.62. The van der Waals surface area contributed by atoms with E-state index in [1.807, 2.05) is 17.8 Å². The average molecular weight is 258 g/mol. The van der Waals surface area contributed by atoms with Gasteiger partial charge < -0.3 is 5.73 Å². The van der Waals surface area contributed by atoms with Crippen LogP contribution in [0.4, 0.5) is 0 Å². The van der Waals surface area contributed by atoms with Crippen LogP contribution in [-0.4, -0.2) is 9.78 Å². The second-order valence-electron chi connectivity index (χ2n) is 4.19. The zero-order valence-electron chi connectivity index (χ0n) is 8.46. The van der Waals surface area contributed by atoms with Crippen LogP contribution in [-0.2, 0) is 12.6 Å². The summed E-state index contributed by atoms with van der Waals surface area (Å²) in [5, 5.41) is 4.28. The van der Waals surface area contributed by atoms with Crippen molar-refractivity contribution in [3.8, 4) is 0 Å². The number of hydrogen-bond acceptors (Lipinski definition) is 2. The summed E-state index contributed by atoms with van der Waals surface area (Å²) < 4.78 is 2.78. The van der Waals surface area contributed by atoms with E-state index in [4.69, 9.17) is 5.73 Å². The van der Waals surface area contributed by atoms with Gasteiger partial charge in [0.15, 0.2) is 0 Å². The maximum absolute atomic E-state index is 6.41. The fourth-order valence-corrected chi connectivity index (χ4v) is 2.79. The molecule has 1 heterocycles. The summed E-state index contributed by atoms with van der Waals surface area (Å²) in [4.78, 5) is 0. The van der Waals surface area contributed by atoms with Crippen LogP contribution in [0.2, 0.25) is 0 Å². The monoisotopic (exact) mass is 257 g/mol. The van der Waals surface area contributed by atoms with Gasteiger partial charge in [0.05, 0.1) is 11.2 Å². The molecule has 1 aliphatic rings. The molecule has 1 aromatic rings. The molecule has 0 saturated heterocycles. The lowest BCUT2D eigenvalue weighted by molar-refractivity contribution is 0.285. The van der Waals surface area contributed by atoms with Gasteiger partial charge in [0, 0.05) is 7.05 Å². The molecule has 3 nitrogen and oxygen atoms in total. The molecule has 0 radical (unpaired) electrons. The first-order valence-corrected chi connectivity index (χ1v) is 5.90. The van der Waals surface area contributed by atoms with Crippen LogP contribution in [0.25, 0.3) is 0 Å². The van der Waals surface area contributed by atoms with Crippen molar-refractivity contribution in [1.82, 2.24) is 9.78 Å². The van der Waals surface area contributed by atoms with E-state index in [-0.39, 0.29) is 5.54 Å². The van der Waals surface area contributed by atoms with Gasteiger partial charge >= 0.3 is 0 Å². The van der Waals surface area contributed by atoms with Crippen LogP contribution in [0.15, 0.2) is 10.7 Å². The van der Waals surface area contributed by atoms with Crippen molar-refractivity contribution in [3.05, 3.63) is 16.4 Å². The molecule has 0 aliphatic heterocycles. The summed E-state index contributed by atoms with van der Waals surface area (Å²) in [7, 11) is 1.96. The van der Waals surface area contributed by atoms with Crippen molar-refractivity contribution in [2.45, 2.75) is 37.6 Å². The topological polar surface area (TPSA) is 43.8 Å². The Labute approximate surface area is 92.8 Å². The van der Waals surface area contributed by atoms with E-state index >= 15 is 0 Å². The second kappa shape index (κ2) is 3.66. The van der Waals surface area contributed by atoms with Gasteiger partial charge in [0.25, 0.3) is 0 Å². The molecule has 0 bridgehead atoms. The summed E-state index contributed by atoms with van der Waals surface area (Å²) in [6.07, 6.45) is 5.95. The number of nitrogens with two attached hydrogens (primary N) is 1. The first-order valence-electron chi connectivity index (χ1n) is 5.11. The fourth-order valence-electron chi connectivity index (χ4n) is 2.34. The summed E-state index contributed by atoms with van der Waals surface area (Å²) in [6, 6.07) is 2.05. The molecule has 0 amide bonds. The summed E-state index contributed by atoms with van der Waals surface area (Å²) in [5.74, 6) is 0. The van der Waals surface area contributed by atoms with E-state index in [1.54, 1.807) is 0 Å². The van der Waals surface area contributed by atoms with Crippen LogP contribution in [0, 0.1) is 0 Å². The molecule has 0 aromatic carbocycles. The van der Waals surface area contributed by atoms with Crippen molar-refractivity contribution in [2.24, 2.45) is 12.8 Å². The van der Waals surface area contributed by atoms with E-state index in [1.165, 1.54) is 19.3 Å². The Bertz CT molecular complexity index is 326. The van der Waals surface area contributed by atoms with Gasteiger partial charge in [-0.3, -0.25) is 4.68 Å². The zero-order valence-corrected chi connectivity index (χ0v) is 10.0. The molecule has 1 fully saturated rings. The predicted molar refractivity (Wildman–Crippen MR) is 59.9 cm³/mol. The maximum atomic E-state index is 6.41. The van der Waals surface area contributed by atoms with E-state index in [0.717, 1.165) is 23.1 Å².